The molecule has 22 heavy (non-hydrogen) atoms. The second-order valence-corrected chi connectivity index (χ2v) is 5.10. The van der Waals surface area contributed by atoms with Crippen LogP contribution in [0.5, 0.6) is 0 Å². The Balaban J connectivity index is 1.92. The summed E-state index contributed by atoms with van der Waals surface area (Å²) in [6.07, 6.45) is 3.05. The summed E-state index contributed by atoms with van der Waals surface area (Å²) in [4.78, 5) is 36.2. The zero-order valence-electron chi connectivity index (χ0n) is 12.1. The number of imide groups is 1. The number of hydrogen-bond donors (Lipinski definition) is 2. The lowest BCUT2D eigenvalue weighted by molar-refractivity contribution is -0.137. The standard InChI is InChI=1S/C16H18N2O4/c19-14(17-22)8-4-5-9-18-15(20)11-13(16(18)21)10-12-6-2-1-3-7-12/h1-3,6-7,10,22H,4-5,8-9,11H2,(H,17,19)/b13-10+. The first-order valence-electron chi connectivity index (χ1n) is 7.15. The highest BCUT2D eigenvalue weighted by Crippen LogP contribution is 2.22. The van der Waals surface area contributed by atoms with Gasteiger partial charge in [-0.15, -0.1) is 0 Å². The van der Waals surface area contributed by atoms with Crippen molar-refractivity contribution < 1.29 is 19.6 Å². The molecule has 0 atom stereocenters. The third-order valence-electron chi connectivity index (χ3n) is 3.46. The average Bonchev–Trinajstić information content (AvgIpc) is 2.79. The number of carbonyl (C=O) groups excluding carboxylic acids is 3. The highest BCUT2D eigenvalue weighted by atomic mass is 16.5. The lowest BCUT2D eigenvalue weighted by atomic mass is 10.1. The number of nitrogens with zero attached hydrogens (tertiary/aromatic N) is 1. The molecule has 1 aromatic rings. The van der Waals surface area contributed by atoms with Crippen molar-refractivity contribution in [1.82, 2.24) is 10.4 Å². The SMILES string of the molecule is O=C(CCCCN1C(=O)C/C(=C\c2ccccc2)C1=O)NO. The van der Waals surface area contributed by atoms with E-state index in [2.05, 4.69) is 0 Å². The minimum absolute atomic E-state index is 0.116. The number of hydrogen-bond acceptors (Lipinski definition) is 4. The Morgan fingerprint density at radius 3 is 2.64 bits per heavy atom. The first-order chi connectivity index (χ1) is 10.6. The van der Waals surface area contributed by atoms with E-state index < -0.39 is 5.91 Å². The zero-order valence-corrected chi connectivity index (χ0v) is 12.1. The molecule has 1 fully saturated rings. The molecule has 6 nitrogen and oxygen atoms in total. The summed E-state index contributed by atoms with van der Waals surface area (Å²) in [7, 11) is 0. The molecule has 2 rings (SSSR count). The van der Waals surface area contributed by atoms with Crippen molar-refractivity contribution in [2.45, 2.75) is 25.7 Å². The van der Waals surface area contributed by atoms with Gasteiger partial charge in [-0.05, 0) is 24.5 Å². The van der Waals surface area contributed by atoms with Crippen LogP contribution in [0.1, 0.15) is 31.2 Å². The van der Waals surface area contributed by atoms with E-state index in [1.54, 1.807) is 11.6 Å². The number of unbranched alkanes of at least 4 members (excludes halogenated alkanes) is 1. The van der Waals surface area contributed by atoms with Crippen molar-refractivity contribution in [2.24, 2.45) is 0 Å². The zero-order chi connectivity index (χ0) is 15.9. The van der Waals surface area contributed by atoms with Crippen molar-refractivity contribution in [3.63, 3.8) is 0 Å². The summed E-state index contributed by atoms with van der Waals surface area (Å²) in [6, 6.07) is 9.38. The minimum atomic E-state index is -0.469. The molecule has 0 radical (unpaired) electrons. The van der Waals surface area contributed by atoms with Gasteiger partial charge >= 0.3 is 0 Å². The topological polar surface area (TPSA) is 86.7 Å². The maximum absolute atomic E-state index is 12.2. The molecule has 0 saturated carbocycles. The second kappa shape index (κ2) is 7.51. The fraction of sp³-hybridized carbons (Fsp3) is 0.312. The lowest BCUT2D eigenvalue weighted by Crippen LogP contribution is -2.30. The Hall–Kier alpha value is -2.47. The summed E-state index contributed by atoms with van der Waals surface area (Å²) >= 11 is 0. The van der Waals surface area contributed by atoms with Crippen molar-refractivity contribution >= 4 is 23.8 Å². The van der Waals surface area contributed by atoms with Crippen LogP contribution in [0.2, 0.25) is 0 Å². The van der Waals surface area contributed by atoms with E-state index in [0.717, 1.165) is 5.56 Å². The number of amides is 3. The van der Waals surface area contributed by atoms with Gasteiger partial charge in [-0.3, -0.25) is 24.5 Å². The molecule has 3 amide bonds. The van der Waals surface area contributed by atoms with E-state index in [0.29, 0.717) is 25.0 Å². The summed E-state index contributed by atoms with van der Waals surface area (Å²) in [5.74, 6) is -0.942. The second-order valence-electron chi connectivity index (χ2n) is 5.10. The quantitative estimate of drug-likeness (QED) is 0.274. The molecule has 0 aliphatic carbocycles. The maximum Gasteiger partial charge on any atom is 0.256 e. The molecule has 1 saturated heterocycles. The van der Waals surface area contributed by atoms with Crippen LogP contribution in [-0.2, 0) is 14.4 Å². The highest BCUT2D eigenvalue weighted by Gasteiger charge is 2.32. The van der Waals surface area contributed by atoms with Crippen LogP contribution >= 0.6 is 0 Å². The summed E-state index contributed by atoms with van der Waals surface area (Å²) in [5.41, 5.74) is 2.93. The lowest BCUT2D eigenvalue weighted by Gasteiger charge is -2.12. The highest BCUT2D eigenvalue weighted by molar-refractivity contribution is 6.15. The molecular weight excluding hydrogens is 284 g/mol. The summed E-state index contributed by atoms with van der Waals surface area (Å²) in [5, 5.41) is 8.38. The van der Waals surface area contributed by atoms with Gasteiger partial charge < -0.3 is 0 Å². The maximum atomic E-state index is 12.2. The fourth-order valence-corrected chi connectivity index (χ4v) is 2.32. The van der Waals surface area contributed by atoms with Crippen molar-refractivity contribution in [3.05, 3.63) is 41.5 Å². The number of hydroxylamine groups is 1. The van der Waals surface area contributed by atoms with Crippen molar-refractivity contribution in [3.8, 4) is 0 Å². The fourth-order valence-electron chi connectivity index (χ4n) is 2.32. The molecule has 0 spiro atoms. The van der Waals surface area contributed by atoms with Gasteiger partial charge in [0.2, 0.25) is 11.8 Å². The van der Waals surface area contributed by atoms with Crippen LogP contribution in [0.4, 0.5) is 0 Å². The smallest absolute Gasteiger partial charge is 0.256 e. The average molecular weight is 302 g/mol. The van der Waals surface area contributed by atoms with Crippen LogP contribution < -0.4 is 5.48 Å². The molecule has 0 unspecified atom stereocenters. The Kier molecular flexibility index (Phi) is 5.43. The van der Waals surface area contributed by atoms with Gasteiger partial charge in [0.25, 0.3) is 5.91 Å². The number of carbonyl (C=O) groups is 3. The van der Waals surface area contributed by atoms with Crippen LogP contribution in [-0.4, -0.2) is 34.4 Å². The van der Waals surface area contributed by atoms with Gasteiger partial charge in [-0.1, -0.05) is 30.3 Å². The number of nitrogens with one attached hydrogen (secondary N) is 1. The van der Waals surface area contributed by atoms with E-state index in [-0.39, 0.29) is 24.7 Å². The predicted octanol–water partition coefficient (Wildman–Crippen LogP) is 1.50. The van der Waals surface area contributed by atoms with E-state index in [1.807, 2.05) is 30.3 Å². The van der Waals surface area contributed by atoms with Gasteiger partial charge in [0.1, 0.15) is 0 Å². The van der Waals surface area contributed by atoms with Gasteiger partial charge in [0, 0.05) is 18.5 Å². The number of rotatable bonds is 6. The Labute approximate surface area is 128 Å². The third kappa shape index (κ3) is 4.02. The predicted molar refractivity (Wildman–Crippen MR) is 79.5 cm³/mol. The van der Waals surface area contributed by atoms with Crippen molar-refractivity contribution in [2.75, 3.05) is 6.54 Å². The largest absolute Gasteiger partial charge is 0.289 e. The minimum Gasteiger partial charge on any atom is -0.289 e. The molecule has 1 aliphatic heterocycles. The molecule has 1 aromatic carbocycles. The van der Waals surface area contributed by atoms with Gasteiger partial charge in [0.15, 0.2) is 0 Å². The molecule has 1 heterocycles. The molecule has 116 valence electrons. The van der Waals surface area contributed by atoms with E-state index in [9.17, 15) is 14.4 Å². The Morgan fingerprint density at radius 2 is 1.95 bits per heavy atom. The van der Waals surface area contributed by atoms with Crippen LogP contribution in [0.15, 0.2) is 35.9 Å². The van der Waals surface area contributed by atoms with Crippen LogP contribution in [0.3, 0.4) is 0 Å². The molecule has 0 aromatic heterocycles. The number of likely N-dealkylation sites (tertiary alicyclic amines) is 1. The number of benzene rings is 1. The van der Waals surface area contributed by atoms with E-state index >= 15 is 0 Å². The van der Waals surface area contributed by atoms with E-state index in [1.165, 1.54) is 4.90 Å². The van der Waals surface area contributed by atoms with Gasteiger partial charge in [-0.25, -0.2) is 5.48 Å². The Bertz CT molecular complexity index is 595. The van der Waals surface area contributed by atoms with E-state index in [4.69, 9.17) is 5.21 Å². The van der Waals surface area contributed by atoms with Gasteiger partial charge in [0.05, 0.1) is 6.42 Å². The van der Waals surface area contributed by atoms with Gasteiger partial charge in [-0.2, -0.15) is 0 Å². The normalized spacial score (nSPS) is 16.4. The molecule has 1 aliphatic rings. The van der Waals surface area contributed by atoms with Crippen LogP contribution in [0.25, 0.3) is 6.08 Å². The molecule has 0 bridgehead atoms. The molecule has 6 heteroatoms. The Morgan fingerprint density at radius 1 is 1.23 bits per heavy atom. The molecule has 2 N–H and O–H groups in total. The summed E-state index contributed by atoms with van der Waals surface area (Å²) in [6.45, 7) is 0.294. The van der Waals surface area contributed by atoms with Crippen molar-refractivity contribution in [1.29, 1.82) is 0 Å². The molecular formula is C16H18N2O4. The third-order valence-corrected chi connectivity index (χ3v) is 3.46. The first-order valence-corrected chi connectivity index (χ1v) is 7.15. The van der Waals surface area contributed by atoms with Crippen LogP contribution in [0, 0.1) is 0 Å². The summed E-state index contributed by atoms with van der Waals surface area (Å²) < 4.78 is 0. The first kappa shape index (κ1) is 15.9. The monoisotopic (exact) mass is 302 g/mol.